The van der Waals surface area contributed by atoms with Gasteiger partial charge in [0.05, 0.1) is 17.3 Å². The van der Waals surface area contributed by atoms with Gasteiger partial charge < -0.3 is 9.90 Å². The smallest absolute Gasteiger partial charge is 0.0913 e. The summed E-state index contributed by atoms with van der Waals surface area (Å²) in [6, 6.07) is -0.775. The first kappa shape index (κ1) is 6.00. The van der Waals surface area contributed by atoms with E-state index in [9.17, 15) is 14.8 Å². The molecule has 0 spiro atoms. The van der Waals surface area contributed by atoms with Crippen LogP contribution in [-0.4, -0.2) is 23.6 Å². The predicted octanol–water partition coefficient (Wildman–Crippen LogP) is -1.51. The van der Waals surface area contributed by atoms with Crippen LogP contribution >= 0.6 is 0 Å². The van der Waals surface area contributed by atoms with Crippen LogP contribution in [0, 0.1) is 4.91 Å². The summed E-state index contributed by atoms with van der Waals surface area (Å²) in [4.78, 5) is 19.7. The minimum absolute atomic E-state index is 0.433. The molecule has 5 nitrogen and oxygen atoms in total. The Hall–Kier alpha value is -1.13. The molecule has 0 bridgehead atoms. The number of carbonyl (C=O) groups excluding carboxylic acids is 1. The van der Waals surface area contributed by atoms with Crippen molar-refractivity contribution in [3.8, 4) is 0 Å². The van der Waals surface area contributed by atoms with E-state index < -0.39 is 12.0 Å². The second kappa shape index (κ2) is 2.00. The van der Waals surface area contributed by atoms with Crippen LogP contribution in [0.5, 0.6) is 0 Å². The molecule has 1 saturated heterocycles. The lowest BCUT2D eigenvalue weighted by atomic mass is 10.1. The van der Waals surface area contributed by atoms with Gasteiger partial charge in [-0.3, -0.25) is 5.01 Å². The Morgan fingerprint density at radius 3 is 2.56 bits per heavy atom. The summed E-state index contributed by atoms with van der Waals surface area (Å²) in [5, 5.41) is 13.4. The van der Waals surface area contributed by atoms with Crippen LogP contribution in [0.25, 0.3) is 0 Å². The van der Waals surface area contributed by atoms with E-state index in [2.05, 4.69) is 5.29 Å². The number of carboxylic acids is 1. The van der Waals surface area contributed by atoms with E-state index in [-0.39, 0.29) is 0 Å². The van der Waals surface area contributed by atoms with E-state index in [1.165, 1.54) is 0 Å². The van der Waals surface area contributed by atoms with E-state index in [1.54, 1.807) is 0 Å². The Morgan fingerprint density at radius 2 is 2.44 bits per heavy atom. The van der Waals surface area contributed by atoms with Crippen molar-refractivity contribution in [1.29, 1.82) is 0 Å². The van der Waals surface area contributed by atoms with E-state index in [4.69, 9.17) is 0 Å². The number of carboxylic acid groups (broad SMARTS) is 1. The van der Waals surface area contributed by atoms with Gasteiger partial charge in [-0.1, -0.05) is 0 Å². The monoisotopic (exact) mass is 129 g/mol. The molecule has 5 heteroatoms. The van der Waals surface area contributed by atoms with Crippen LogP contribution in [0.2, 0.25) is 0 Å². The highest BCUT2D eigenvalue weighted by Crippen LogP contribution is 2.15. The van der Waals surface area contributed by atoms with Crippen molar-refractivity contribution in [2.75, 3.05) is 6.54 Å². The maximum Gasteiger partial charge on any atom is 0.0913 e. The fourth-order valence-corrected chi connectivity index (χ4v) is 0.711. The molecule has 0 saturated carbocycles. The minimum atomic E-state index is -1.22. The molecule has 1 aliphatic rings. The zero-order chi connectivity index (χ0) is 6.85. The second-order valence-electron chi connectivity index (χ2n) is 1.87. The standard InChI is InChI=1S/C4H6N2O3/c7-4(8)3-1-2-6(3)5-9/h3H,1-2H2,(H,7,8)/p-1/t3-/m0/s1. The fourth-order valence-electron chi connectivity index (χ4n) is 0.711. The molecule has 0 aromatic rings. The summed E-state index contributed by atoms with van der Waals surface area (Å²) in [6.07, 6.45) is 0.466. The molecule has 50 valence electrons. The van der Waals surface area contributed by atoms with Gasteiger partial charge in [0, 0.05) is 6.54 Å². The van der Waals surface area contributed by atoms with Gasteiger partial charge in [0.2, 0.25) is 0 Å². The highest BCUT2D eigenvalue weighted by molar-refractivity contribution is 5.72. The lowest BCUT2D eigenvalue weighted by Crippen LogP contribution is -2.54. The molecule has 0 amide bonds. The molecule has 0 unspecified atom stereocenters. The molecule has 0 aromatic heterocycles. The molecule has 1 aliphatic heterocycles. The number of aliphatic carboxylic acids is 1. The molecule has 1 atom stereocenters. The van der Waals surface area contributed by atoms with Crippen molar-refractivity contribution in [2.24, 2.45) is 5.29 Å². The highest BCUT2D eigenvalue weighted by Gasteiger charge is 2.28. The maximum absolute atomic E-state index is 10.00. The SMILES string of the molecule is O=NN1CC[C@H]1C(=O)[O-]. The number of carbonyl (C=O) groups is 1. The van der Waals surface area contributed by atoms with Gasteiger partial charge >= 0.3 is 0 Å². The fraction of sp³-hybridized carbons (Fsp3) is 0.750. The largest absolute Gasteiger partial charge is 0.548 e. The number of hydrogen-bond donors (Lipinski definition) is 0. The van der Waals surface area contributed by atoms with Crippen LogP contribution in [0.1, 0.15) is 6.42 Å². The third-order valence-corrected chi connectivity index (χ3v) is 1.37. The van der Waals surface area contributed by atoms with E-state index >= 15 is 0 Å². The second-order valence-corrected chi connectivity index (χ2v) is 1.87. The van der Waals surface area contributed by atoms with Gasteiger partial charge in [-0.05, 0) is 6.42 Å². The van der Waals surface area contributed by atoms with Crippen LogP contribution in [-0.2, 0) is 4.79 Å². The zero-order valence-electron chi connectivity index (χ0n) is 4.61. The lowest BCUT2D eigenvalue weighted by Gasteiger charge is -2.35. The maximum atomic E-state index is 10.00. The number of hydrogen-bond acceptors (Lipinski definition) is 4. The van der Waals surface area contributed by atoms with Crippen molar-refractivity contribution < 1.29 is 9.90 Å². The first-order valence-electron chi connectivity index (χ1n) is 2.56. The van der Waals surface area contributed by atoms with Crippen molar-refractivity contribution in [2.45, 2.75) is 12.5 Å². The normalized spacial score (nSPS) is 24.9. The molecule has 0 aromatic carbocycles. The third kappa shape index (κ3) is 0.847. The van der Waals surface area contributed by atoms with Crippen molar-refractivity contribution >= 4 is 5.97 Å². The van der Waals surface area contributed by atoms with Crippen LogP contribution in [0.4, 0.5) is 0 Å². The summed E-state index contributed by atoms with van der Waals surface area (Å²) >= 11 is 0. The summed E-state index contributed by atoms with van der Waals surface area (Å²) in [6.45, 7) is 0.433. The molecule has 1 fully saturated rings. The van der Waals surface area contributed by atoms with E-state index in [1.807, 2.05) is 0 Å². The minimum Gasteiger partial charge on any atom is -0.548 e. The predicted molar refractivity (Wildman–Crippen MR) is 25.9 cm³/mol. The number of rotatable bonds is 2. The van der Waals surface area contributed by atoms with Gasteiger partial charge in [-0.15, -0.1) is 4.91 Å². The van der Waals surface area contributed by atoms with Gasteiger partial charge in [0.15, 0.2) is 0 Å². The topological polar surface area (TPSA) is 72.8 Å². The summed E-state index contributed by atoms with van der Waals surface area (Å²) < 4.78 is 0. The molecular formula is C4H5N2O3-. The van der Waals surface area contributed by atoms with E-state index in [0.29, 0.717) is 13.0 Å². The van der Waals surface area contributed by atoms with E-state index in [0.717, 1.165) is 5.01 Å². The van der Waals surface area contributed by atoms with Gasteiger partial charge in [0.1, 0.15) is 0 Å². The van der Waals surface area contributed by atoms with Crippen LogP contribution in [0.15, 0.2) is 5.29 Å². The highest BCUT2D eigenvalue weighted by atomic mass is 16.4. The summed E-state index contributed by atoms with van der Waals surface area (Å²) in [5.41, 5.74) is 0. The van der Waals surface area contributed by atoms with Crippen molar-refractivity contribution in [3.05, 3.63) is 4.91 Å². The summed E-state index contributed by atoms with van der Waals surface area (Å²) in [5.74, 6) is -1.22. The molecule has 9 heavy (non-hydrogen) atoms. The Morgan fingerprint density at radius 1 is 1.78 bits per heavy atom. The Labute approximate surface area is 51.2 Å². The van der Waals surface area contributed by atoms with Gasteiger partial charge in [-0.25, -0.2) is 0 Å². The van der Waals surface area contributed by atoms with Crippen molar-refractivity contribution in [3.63, 3.8) is 0 Å². The molecule has 0 aliphatic carbocycles. The third-order valence-electron chi connectivity index (χ3n) is 1.37. The molecule has 1 rings (SSSR count). The van der Waals surface area contributed by atoms with Gasteiger partial charge in [-0.2, -0.15) is 0 Å². The van der Waals surface area contributed by atoms with Crippen LogP contribution in [0.3, 0.4) is 0 Å². The molecule has 0 N–H and O–H groups in total. The molecule has 1 heterocycles. The van der Waals surface area contributed by atoms with Gasteiger partial charge in [0.25, 0.3) is 0 Å². The average molecular weight is 129 g/mol. The molecular weight excluding hydrogens is 124 g/mol. The molecule has 0 radical (unpaired) electrons. The quantitative estimate of drug-likeness (QED) is 0.425. The summed E-state index contributed by atoms with van der Waals surface area (Å²) in [7, 11) is 0. The number of nitroso groups, excluding NO2 is 1. The lowest BCUT2D eigenvalue weighted by molar-refractivity contribution is -0.315. The Balaban J connectivity index is 2.44. The average Bonchev–Trinajstić information content (AvgIpc) is 1.61. The first-order chi connectivity index (χ1) is 4.25. The van der Waals surface area contributed by atoms with Crippen LogP contribution < -0.4 is 5.11 Å². The first-order valence-corrected chi connectivity index (χ1v) is 2.56. The Bertz CT molecular complexity index is 147. The Kier molecular flexibility index (Phi) is 1.33. The zero-order valence-corrected chi connectivity index (χ0v) is 4.61. The number of nitrogens with zero attached hydrogens (tertiary/aromatic N) is 2. The van der Waals surface area contributed by atoms with Crippen molar-refractivity contribution in [1.82, 2.24) is 5.01 Å².